The van der Waals surface area contributed by atoms with Gasteiger partial charge in [0.2, 0.25) is 11.8 Å². The van der Waals surface area contributed by atoms with Crippen LogP contribution >= 0.6 is 0 Å². The number of nitrogens with one attached hydrogen (secondary N) is 3. The average Bonchev–Trinajstić information content (AvgIpc) is 2.90. The van der Waals surface area contributed by atoms with Gasteiger partial charge in [-0.15, -0.1) is 0 Å². The molecule has 0 spiro atoms. The van der Waals surface area contributed by atoms with Crippen molar-refractivity contribution in [2.75, 3.05) is 26.2 Å². The molecular weight excluding hydrogens is 520 g/mol. The van der Waals surface area contributed by atoms with E-state index in [4.69, 9.17) is 14.6 Å². The Labute approximate surface area is 235 Å². The molecule has 1 aliphatic heterocycles. The van der Waals surface area contributed by atoms with E-state index < -0.39 is 35.7 Å². The lowest BCUT2D eigenvalue weighted by Gasteiger charge is -2.34. The van der Waals surface area contributed by atoms with E-state index in [-0.39, 0.29) is 37.9 Å². The van der Waals surface area contributed by atoms with Gasteiger partial charge < -0.3 is 35.4 Å². The van der Waals surface area contributed by atoms with Crippen LogP contribution in [0.15, 0.2) is 30.3 Å². The fourth-order valence-electron chi connectivity index (χ4n) is 4.19. The molecule has 0 bridgehead atoms. The highest BCUT2D eigenvalue weighted by Gasteiger charge is 2.33. The predicted molar refractivity (Wildman–Crippen MR) is 146 cm³/mol. The van der Waals surface area contributed by atoms with Gasteiger partial charge >= 0.3 is 18.2 Å². The van der Waals surface area contributed by atoms with Crippen LogP contribution in [0, 0.1) is 5.92 Å². The summed E-state index contributed by atoms with van der Waals surface area (Å²) in [5.41, 5.74) is 0.135. The largest absolute Gasteiger partial charge is 0.481 e. The van der Waals surface area contributed by atoms with Crippen molar-refractivity contribution in [3.8, 4) is 0 Å². The molecule has 0 aliphatic carbocycles. The SMILES string of the molecule is CC(C)(C)OC(=O)N[C@@H](CCCCNC(=O)OCc1ccccc1)C(=O)N1CCC[C@@H](C(=O)NCCC(=O)O)C1. The van der Waals surface area contributed by atoms with Crippen LogP contribution in [-0.4, -0.2) is 77.8 Å². The Morgan fingerprint density at radius 1 is 1.02 bits per heavy atom. The summed E-state index contributed by atoms with van der Waals surface area (Å²) in [6.07, 6.45) is 1.15. The van der Waals surface area contributed by atoms with Crippen LogP contribution < -0.4 is 16.0 Å². The number of ether oxygens (including phenoxy) is 2. The van der Waals surface area contributed by atoms with Crippen molar-refractivity contribution in [2.45, 2.75) is 77.5 Å². The number of carbonyl (C=O) groups is 5. The number of aliphatic carboxylic acids is 1. The quantitative estimate of drug-likeness (QED) is 0.267. The highest BCUT2D eigenvalue weighted by Crippen LogP contribution is 2.19. The monoisotopic (exact) mass is 562 g/mol. The molecule has 0 radical (unpaired) electrons. The van der Waals surface area contributed by atoms with E-state index in [1.54, 1.807) is 25.7 Å². The molecule has 2 atom stereocenters. The predicted octanol–water partition coefficient (Wildman–Crippen LogP) is 2.81. The first kappa shape index (κ1) is 32.4. The zero-order valence-electron chi connectivity index (χ0n) is 23.6. The van der Waals surface area contributed by atoms with Gasteiger partial charge in [0.25, 0.3) is 0 Å². The molecule has 1 aromatic rings. The lowest BCUT2D eigenvalue weighted by atomic mass is 9.96. The molecule has 1 aromatic carbocycles. The molecule has 0 unspecified atom stereocenters. The Balaban J connectivity index is 1.87. The van der Waals surface area contributed by atoms with Gasteiger partial charge in [0.1, 0.15) is 18.2 Å². The lowest BCUT2D eigenvalue weighted by molar-refractivity contribution is -0.137. The summed E-state index contributed by atoms with van der Waals surface area (Å²) in [6, 6.07) is 8.46. The fourth-order valence-corrected chi connectivity index (χ4v) is 4.19. The van der Waals surface area contributed by atoms with Gasteiger partial charge in [-0.25, -0.2) is 9.59 Å². The van der Waals surface area contributed by atoms with Crippen molar-refractivity contribution >= 4 is 30.0 Å². The van der Waals surface area contributed by atoms with Gasteiger partial charge in [-0.1, -0.05) is 30.3 Å². The van der Waals surface area contributed by atoms with Gasteiger partial charge in [-0.05, 0) is 58.4 Å². The van der Waals surface area contributed by atoms with Crippen molar-refractivity contribution in [1.82, 2.24) is 20.9 Å². The number of piperidine rings is 1. The highest BCUT2D eigenvalue weighted by molar-refractivity contribution is 5.87. The van der Waals surface area contributed by atoms with Crippen molar-refractivity contribution in [1.29, 1.82) is 0 Å². The number of nitrogens with zero attached hydrogens (tertiary/aromatic N) is 1. The van der Waals surface area contributed by atoms with Gasteiger partial charge in [-0.3, -0.25) is 14.4 Å². The molecule has 1 heterocycles. The summed E-state index contributed by atoms with van der Waals surface area (Å²) in [7, 11) is 0. The number of alkyl carbamates (subject to hydrolysis) is 2. The maximum absolute atomic E-state index is 13.4. The van der Waals surface area contributed by atoms with Crippen LogP contribution in [-0.2, 0) is 30.5 Å². The highest BCUT2D eigenvalue weighted by atomic mass is 16.6. The minimum atomic E-state index is -1.00. The summed E-state index contributed by atoms with van der Waals surface area (Å²) in [5, 5.41) is 16.7. The molecule has 40 heavy (non-hydrogen) atoms. The van der Waals surface area contributed by atoms with Crippen LogP contribution in [0.2, 0.25) is 0 Å². The molecule has 4 N–H and O–H groups in total. The van der Waals surface area contributed by atoms with Gasteiger partial charge in [-0.2, -0.15) is 0 Å². The number of rotatable bonds is 13. The van der Waals surface area contributed by atoms with E-state index in [2.05, 4.69) is 16.0 Å². The lowest BCUT2D eigenvalue weighted by Crippen LogP contribution is -2.53. The Bertz CT molecular complexity index is 996. The van der Waals surface area contributed by atoms with Crippen LogP contribution in [0.4, 0.5) is 9.59 Å². The van der Waals surface area contributed by atoms with E-state index in [1.807, 2.05) is 30.3 Å². The molecule has 0 aromatic heterocycles. The first-order valence-electron chi connectivity index (χ1n) is 13.7. The summed E-state index contributed by atoms with van der Waals surface area (Å²) < 4.78 is 10.5. The molecule has 12 nitrogen and oxygen atoms in total. The molecule has 1 aliphatic rings. The number of benzene rings is 1. The Hall–Kier alpha value is -3.83. The van der Waals surface area contributed by atoms with Crippen LogP contribution in [0.1, 0.15) is 64.9 Å². The summed E-state index contributed by atoms with van der Waals surface area (Å²) in [5.74, 6) is -2.07. The molecule has 222 valence electrons. The first-order chi connectivity index (χ1) is 18.9. The number of hydrogen-bond acceptors (Lipinski definition) is 7. The third-order valence-corrected chi connectivity index (χ3v) is 6.13. The number of carboxylic acid groups (broad SMARTS) is 1. The fraction of sp³-hybridized carbons (Fsp3) is 0.607. The Morgan fingerprint density at radius 3 is 2.42 bits per heavy atom. The zero-order valence-corrected chi connectivity index (χ0v) is 23.6. The second kappa shape index (κ2) is 16.3. The number of unbranched alkanes of at least 4 members (excludes halogenated alkanes) is 1. The van der Waals surface area contributed by atoms with Crippen LogP contribution in [0.5, 0.6) is 0 Å². The number of amides is 4. The molecule has 1 saturated heterocycles. The number of carboxylic acids is 1. The smallest absolute Gasteiger partial charge is 0.408 e. The number of carbonyl (C=O) groups excluding carboxylic acids is 4. The van der Waals surface area contributed by atoms with Gasteiger partial charge in [0.05, 0.1) is 12.3 Å². The summed E-state index contributed by atoms with van der Waals surface area (Å²) in [6.45, 7) is 6.33. The maximum atomic E-state index is 13.4. The third-order valence-electron chi connectivity index (χ3n) is 6.13. The van der Waals surface area contributed by atoms with Crippen molar-refractivity contribution in [3.05, 3.63) is 35.9 Å². The van der Waals surface area contributed by atoms with E-state index in [0.29, 0.717) is 45.2 Å². The molecule has 0 saturated carbocycles. The second-order valence-corrected chi connectivity index (χ2v) is 10.7. The van der Waals surface area contributed by atoms with Crippen molar-refractivity contribution in [3.63, 3.8) is 0 Å². The van der Waals surface area contributed by atoms with Crippen LogP contribution in [0.25, 0.3) is 0 Å². The van der Waals surface area contributed by atoms with Crippen molar-refractivity contribution in [2.24, 2.45) is 5.92 Å². The van der Waals surface area contributed by atoms with Crippen LogP contribution in [0.3, 0.4) is 0 Å². The van der Waals surface area contributed by atoms with Gasteiger partial charge in [0, 0.05) is 26.2 Å². The average molecular weight is 563 g/mol. The van der Waals surface area contributed by atoms with E-state index in [9.17, 15) is 24.0 Å². The molecule has 4 amide bonds. The van der Waals surface area contributed by atoms with E-state index in [1.165, 1.54) is 0 Å². The molecule has 12 heteroatoms. The number of hydrogen-bond donors (Lipinski definition) is 4. The minimum Gasteiger partial charge on any atom is -0.481 e. The number of likely N-dealkylation sites (tertiary alicyclic amines) is 1. The maximum Gasteiger partial charge on any atom is 0.408 e. The molecule has 1 fully saturated rings. The van der Waals surface area contributed by atoms with E-state index >= 15 is 0 Å². The summed E-state index contributed by atoms with van der Waals surface area (Å²) in [4.78, 5) is 62.6. The minimum absolute atomic E-state index is 0.0231. The topological polar surface area (TPSA) is 163 Å². The Morgan fingerprint density at radius 2 is 1.75 bits per heavy atom. The zero-order chi connectivity index (χ0) is 29.5. The molecule has 2 rings (SSSR count). The Kier molecular flexibility index (Phi) is 13.2. The molecular formula is C28H42N4O8. The first-order valence-corrected chi connectivity index (χ1v) is 13.7. The summed E-state index contributed by atoms with van der Waals surface area (Å²) >= 11 is 0. The standard InChI is InChI=1S/C28H42N4O8/c1-28(2,3)40-27(38)31-22(13-7-8-15-30-26(37)39-19-20-10-5-4-6-11-20)25(36)32-17-9-12-21(18-32)24(35)29-16-14-23(33)34/h4-6,10-11,21-22H,7-9,12-19H2,1-3H3,(H,29,35)(H,30,37)(H,31,38)(H,33,34)/t21-,22+/m1/s1. The van der Waals surface area contributed by atoms with Gasteiger partial charge in [0.15, 0.2) is 0 Å². The second-order valence-electron chi connectivity index (χ2n) is 10.7. The third kappa shape index (κ3) is 12.8. The normalized spacial score (nSPS) is 15.9. The van der Waals surface area contributed by atoms with E-state index in [0.717, 1.165) is 5.56 Å². The van der Waals surface area contributed by atoms with Crippen molar-refractivity contribution < 1.29 is 38.6 Å².